The fourth-order valence-corrected chi connectivity index (χ4v) is 6.19. The number of hydrogen-bond acceptors (Lipinski definition) is 3. The third kappa shape index (κ3) is 4.33. The Morgan fingerprint density at radius 1 is 0.778 bits per heavy atom. The highest BCUT2D eigenvalue weighted by atomic mass is 16.2. The molecular weight excluding hydrogens is 338 g/mol. The summed E-state index contributed by atoms with van der Waals surface area (Å²) < 4.78 is 0. The maximum Gasteiger partial charge on any atom is 0.225 e. The Labute approximate surface area is 164 Å². The predicted molar refractivity (Wildman–Crippen MR) is 106 cm³/mol. The zero-order valence-electron chi connectivity index (χ0n) is 16.8. The highest BCUT2D eigenvalue weighted by molar-refractivity contribution is 5.80. The number of amides is 2. The van der Waals surface area contributed by atoms with E-state index >= 15 is 0 Å². The van der Waals surface area contributed by atoms with Crippen molar-refractivity contribution in [2.24, 2.45) is 29.4 Å². The first-order chi connectivity index (χ1) is 13.1. The van der Waals surface area contributed by atoms with Gasteiger partial charge in [0.15, 0.2) is 0 Å². The first-order valence-corrected chi connectivity index (χ1v) is 11.4. The van der Waals surface area contributed by atoms with Crippen LogP contribution in [0.2, 0.25) is 0 Å². The van der Waals surface area contributed by atoms with Crippen molar-refractivity contribution in [2.45, 2.75) is 76.7 Å². The maximum atomic E-state index is 13.1. The fourth-order valence-electron chi connectivity index (χ4n) is 6.19. The topological polar surface area (TPSA) is 66.6 Å². The van der Waals surface area contributed by atoms with Crippen LogP contribution < -0.4 is 5.73 Å². The zero-order chi connectivity index (χ0) is 18.8. The van der Waals surface area contributed by atoms with Crippen molar-refractivity contribution in [3.05, 3.63) is 0 Å². The van der Waals surface area contributed by atoms with Gasteiger partial charge < -0.3 is 15.5 Å². The summed E-state index contributed by atoms with van der Waals surface area (Å²) >= 11 is 0. The number of fused-ring (bicyclic) bond motifs is 2. The molecule has 4 fully saturated rings. The Morgan fingerprint density at radius 3 is 2.00 bits per heavy atom. The molecule has 2 N–H and O–H groups in total. The first-order valence-electron chi connectivity index (χ1n) is 11.4. The normalized spacial score (nSPS) is 35.1. The van der Waals surface area contributed by atoms with Crippen LogP contribution >= 0.6 is 0 Å². The second-order valence-electron chi connectivity index (χ2n) is 9.61. The minimum absolute atomic E-state index is 0.171. The van der Waals surface area contributed by atoms with Gasteiger partial charge in [-0.25, -0.2) is 0 Å². The van der Waals surface area contributed by atoms with E-state index in [0.29, 0.717) is 48.7 Å². The summed E-state index contributed by atoms with van der Waals surface area (Å²) in [4.78, 5) is 29.7. The number of carbonyl (C=O) groups excluding carboxylic acids is 2. The molecule has 1 saturated heterocycles. The van der Waals surface area contributed by atoms with Crippen LogP contribution in [0.15, 0.2) is 0 Å². The van der Waals surface area contributed by atoms with Crippen LogP contribution in [0.25, 0.3) is 0 Å². The Balaban J connectivity index is 1.25. The Bertz CT molecular complexity index is 524. The minimum Gasteiger partial charge on any atom is -0.339 e. The van der Waals surface area contributed by atoms with E-state index in [4.69, 9.17) is 5.73 Å². The molecule has 5 heteroatoms. The lowest BCUT2D eigenvalue weighted by Crippen LogP contribution is -2.54. The van der Waals surface area contributed by atoms with Gasteiger partial charge in [0.25, 0.3) is 0 Å². The van der Waals surface area contributed by atoms with Gasteiger partial charge in [-0.3, -0.25) is 9.59 Å². The first kappa shape index (κ1) is 19.2. The van der Waals surface area contributed by atoms with Crippen molar-refractivity contribution in [3.63, 3.8) is 0 Å². The highest BCUT2D eigenvalue weighted by Crippen LogP contribution is 2.42. The monoisotopic (exact) mass is 375 g/mol. The summed E-state index contributed by atoms with van der Waals surface area (Å²) in [5.41, 5.74) is 6.38. The van der Waals surface area contributed by atoms with Crippen LogP contribution in [0.1, 0.15) is 70.6 Å². The van der Waals surface area contributed by atoms with E-state index < -0.39 is 0 Å². The molecule has 2 bridgehead atoms. The molecule has 0 radical (unpaired) electrons. The van der Waals surface area contributed by atoms with Crippen LogP contribution in [0.5, 0.6) is 0 Å². The Morgan fingerprint density at radius 2 is 1.37 bits per heavy atom. The number of carbonyl (C=O) groups is 2. The lowest BCUT2D eigenvalue weighted by molar-refractivity contribution is -0.144. The Hall–Kier alpha value is -1.10. The lowest BCUT2D eigenvalue weighted by Gasteiger charge is -2.45. The Kier molecular flexibility index (Phi) is 6.05. The van der Waals surface area contributed by atoms with Gasteiger partial charge in [-0.2, -0.15) is 0 Å². The van der Waals surface area contributed by atoms with Crippen LogP contribution in [0, 0.1) is 23.7 Å². The van der Waals surface area contributed by atoms with Gasteiger partial charge in [-0.1, -0.05) is 25.7 Å². The largest absolute Gasteiger partial charge is 0.339 e. The standard InChI is InChI=1S/C22H37N3O2/c23-21-17-7-4-8-18(21)15-19(14-17)22(27)25-11-9-24(10-12-25)20(26)13-16-5-2-1-3-6-16/h16-19,21H,1-15,23H2. The average molecular weight is 376 g/mol. The second-order valence-corrected chi connectivity index (χ2v) is 9.61. The molecule has 5 nitrogen and oxygen atoms in total. The average Bonchev–Trinajstić information content (AvgIpc) is 2.68. The van der Waals surface area contributed by atoms with Crippen LogP contribution in [-0.4, -0.2) is 53.8 Å². The minimum atomic E-state index is 0.171. The summed E-state index contributed by atoms with van der Waals surface area (Å²) in [6.45, 7) is 2.87. The summed E-state index contributed by atoms with van der Waals surface area (Å²) in [6.07, 6.45) is 12.7. The van der Waals surface area contributed by atoms with Gasteiger partial charge in [0.2, 0.25) is 11.8 Å². The molecule has 0 aromatic rings. The molecule has 4 aliphatic rings. The summed E-state index contributed by atoms with van der Waals surface area (Å²) in [7, 11) is 0. The van der Waals surface area contributed by atoms with Crippen LogP contribution in [0.3, 0.4) is 0 Å². The zero-order valence-corrected chi connectivity index (χ0v) is 16.8. The number of hydrogen-bond donors (Lipinski definition) is 1. The van der Waals surface area contributed by atoms with Crippen molar-refractivity contribution in [1.29, 1.82) is 0 Å². The highest BCUT2D eigenvalue weighted by Gasteiger charge is 2.42. The van der Waals surface area contributed by atoms with Crippen LogP contribution in [-0.2, 0) is 9.59 Å². The molecule has 2 amide bonds. The van der Waals surface area contributed by atoms with Gasteiger partial charge in [0.05, 0.1) is 0 Å². The van der Waals surface area contributed by atoms with Crippen LogP contribution in [0.4, 0.5) is 0 Å². The van der Waals surface area contributed by atoms with E-state index in [1.54, 1.807) is 0 Å². The van der Waals surface area contributed by atoms with E-state index in [-0.39, 0.29) is 5.92 Å². The van der Waals surface area contributed by atoms with Gasteiger partial charge >= 0.3 is 0 Å². The van der Waals surface area contributed by atoms with Crippen molar-refractivity contribution in [3.8, 4) is 0 Å². The third-order valence-corrected chi connectivity index (χ3v) is 7.89. The molecule has 0 aromatic carbocycles. The van der Waals surface area contributed by atoms with E-state index in [1.165, 1.54) is 51.4 Å². The predicted octanol–water partition coefficient (Wildman–Crippen LogP) is 2.78. The molecule has 2 unspecified atom stereocenters. The molecule has 3 saturated carbocycles. The van der Waals surface area contributed by atoms with Gasteiger partial charge in [-0.15, -0.1) is 0 Å². The van der Waals surface area contributed by atoms with Gasteiger partial charge in [0.1, 0.15) is 0 Å². The number of nitrogens with two attached hydrogens (primary N) is 1. The summed E-state index contributed by atoms with van der Waals surface area (Å²) in [5.74, 6) is 2.50. The number of nitrogens with zero attached hydrogens (tertiary/aromatic N) is 2. The SMILES string of the molecule is NC1C2CCCC1CC(C(=O)N1CCN(C(=O)CC3CCCCC3)CC1)C2. The molecule has 1 aliphatic heterocycles. The van der Waals surface area contributed by atoms with Gasteiger partial charge in [0, 0.05) is 44.6 Å². The molecular formula is C22H37N3O2. The van der Waals surface area contributed by atoms with E-state index in [2.05, 4.69) is 0 Å². The smallest absolute Gasteiger partial charge is 0.225 e. The summed E-state index contributed by atoms with van der Waals surface area (Å²) in [5, 5.41) is 0. The van der Waals surface area contributed by atoms with E-state index in [0.717, 1.165) is 32.4 Å². The van der Waals surface area contributed by atoms with E-state index in [9.17, 15) is 9.59 Å². The fraction of sp³-hybridized carbons (Fsp3) is 0.909. The maximum absolute atomic E-state index is 13.1. The lowest BCUT2D eigenvalue weighted by atomic mass is 9.65. The molecule has 152 valence electrons. The molecule has 3 aliphatic carbocycles. The van der Waals surface area contributed by atoms with E-state index in [1.807, 2.05) is 9.80 Å². The van der Waals surface area contributed by atoms with Crippen molar-refractivity contribution < 1.29 is 9.59 Å². The molecule has 0 aromatic heterocycles. The molecule has 4 rings (SSSR count). The summed E-state index contributed by atoms with van der Waals surface area (Å²) in [6, 6.07) is 0.317. The quantitative estimate of drug-likeness (QED) is 0.825. The third-order valence-electron chi connectivity index (χ3n) is 7.89. The molecule has 27 heavy (non-hydrogen) atoms. The molecule has 1 heterocycles. The molecule has 2 atom stereocenters. The molecule has 0 spiro atoms. The van der Waals surface area contributed by atoms with Crippen molar-refractivity contribution in [2.75, 3.05) is 26.2 Å². The second kappa shape index (κ2) is 8.50. The van der Waals surface area contributed by atoms with Crippen molar-refractivity contribution in [1.82, 2.24) is 9.80 Å². The number of rotatable bonds is 3. The van der Waals surface area contributed by atoms with Gasteiger partial charge in [-0.05, 0) is 56.3 Å². The number of piperazine rings is 1. The van der Waals surface area contributed by atoms with Crippen molar-refractivity contribution >= 4 is 11.8 Å².